The van der Waals surface area contributed by atoms with Crippen LogP contribution < -0.4 is 0 Å². The Bertz CT molecular complexity index is 851. The van der Waals surface area contributed by atoms with Crippen molar-refractivity contribution < 1.29 is 9.63 Å². The lowest BCUT2D eigenvalue weighted by Gasteiger charge is -2.03. The molecule has 2 aromatic carbocycles. The summed E-state index contributed by atoms with van der Waals surface area (Å²) in [5.41, 5.74) is 4.15. The molecule has 0 fully saturated rings. The van der Waals surface area contributed by atoms with Crippen molar-refractivity contribution in [3.8, 4) is 0 Å². The summed E-state index contributed by atoms with van der Waals surface area (Å²) in [5, 5.41) is 15.7. The Balaban J connectivity index is 1.97. The van der Waals surface area contributed by atoms with Gasteiger partial charge in [-0.2, -0.15) is 0 Å². The molecule has 1 atom stereocenters. The zero-order chi connectivity index (χ0) is 13.7. The van der Waals surface area contributed by atoms with Gasteiger partial charge < -0.3 is 9.63 Å². The number of fused-ring (bicyclic) bond motifs is 2. The van der Waals surface area contributed by atoms with Crippen molar-refractivity contribution >= 4 is 28.1 Å². The van der Waals surface area contributed by atoms with Gasteiger partial charge in [0, 0.05) is 10.6 Å². The number of aliphatic hydroxyl groups is 1. The molecule has 0 radical (unpaired) electrons. The summed E-state index contributed by atoms with van der Waals surface area (Å²) >= 11 is 6.04. The standard InChI is InChI=1S/C16H10ClNO2/c17-9-5-6-15-13(7-9)16(18-20-15)12-8-14(19)11-4-2-1-3-10(11)12/h1-8,14,19H. The lowest BCUT2D eigenvalue weighted by atomic mass is 10.0. The molecule has 0 aliphatic heterocycles. The summed E-state index contributed by atoms with van der Waals surface area (Å²) in [6.45, 7) is 0. The fourth-order valence-electron chi connectivity index (χ4n) is 2.65. The van der Waals surface area contributed by atoms with Crippen LogP contribution in [0.1, 0.15) is 22.9 Å². The normalized spacial score (nSPS) is 17.3. The molecule has 1 N–H and O–H groups in total. The number of hydrogen-bond donors (Lipinski definition) is 1. The summed E-state index contributed by atoms with van der Waals surface area (Å²) in [4.78, 5) is 0. The summed E-state index contributed by atoms with van der Waals surface area (Å²) < 4.78 is 5.34. The van der Waals surface area contributed by atoms with E-state index in [9.17, 15) is 5.11 Å². The molecule has 0 bridgehead atoms. The SMILES string of the molecule is OC1C=C(c2noc3ccc(Cl)cc23)c2ccccc21. The lowest BCUT2D eigenvalue weighted by molar-refractivity contribution is 0.232. The number of nitrogens with zero attached hydrogens (tertiary/aromatic N) is 1. The maximum absolute atomic E-state index is 10.1. The maximum Gasteiger partial charge on any atom is 0.167 e. The second kappa shape index (κ2) is 4.20. The van der Waals surface area contributed by atoms with Crippen LogP contribution in [0.2, 0.25) is 5.02 Å². The lowest BCUT2D eigenvalue weighted by Crippen LogP contribution is -1.90. The Labute approximate surface area is 120 Å². The van der Waals surface area contributed by atoms with Crippen molar-refractivity contribution in [3.63, 3.8) is 0 Å². The van der Waals surface area contributed by atoms with Gasteiger partial charge in [0.05, 0.1) is 11.5 Å². The molecule has 0 spiro atoms. The third-order valence-electron chi connectivity index (χ3n) is 3.58. The Kier molecular flexibility index (Phi) is 2.46. The van der Waals surface area contributed by atoms with Gasteiger partial charge in [0.2, 0.25) is 0 Å². The van der Waals surface area contributed by atoms with Gasteiger partial charge in [-0.25, -0.2) is 0 Å². The number of halogens is 1. The Hall–Kier alpha value is -2.10. The van der Waals surface area contributed by atoms with Gasteiger partial charge in [-0.1, -0.05) is 41.0 Å². The topological polar surface area (TPSA) is 46.3 Å². The van der Waals surface area contributed by atoms with Crippen LogP contribution in [0.4, 0.5) is 0 Å². The van der Waals surface area contributed by atoms with Crippen LogP contribution in [0.3, 0.4) is 0 Å². The molecule has 1 aliphatic carbocycles. The van der Waals surface area contributed by atoms with E-state index in [4.69, 9.17) is 16.1 Å². The van der Waals surface area contributed by atoms with Crippen LogP contribution in [-0.2, 0) is 0 Å². The number of rotatable bonds is 1. The van der Waals surface area contributed by atoms with Crippen molar-refractivity contribution in [1.29, 1.82) is 0 Å². The van der Waals surface area contributed by atoms with Crippen molar-refractivity contribution in [2.24, 2.45) is 0 Å². The van der Waals surface area contributed by atoms with Crippen LogP contribution in [0.15, 0.2) is 53.1 Å². The minimum Gasteiger partial charge on any atom is -0.384 e. The third kappa shape index (κ3) is 1.60. The number of benzene rings is 2. The monoisotopic (exact) mass is 283 g/mol. The molecule has 20 heavy (non-hydrogen) atoms. The van der Waals surface area contributed by atoms with Crippen LogP contribution in [0.25, 0.3) is 16.5 Å². The highest BCUT2D eigenvalue weighted by Crippen LogP contribution is 2.40. The fourth-order valence-corrected chi connectivity index (χ4v) is 2.82. The van der Waals surface area contributed by atoms with Crippen molar-refractivity contribution in [1.82, 2.24) is 5.16 Å². The molecule has 3 aromatic rings. The summed E-state index contributed by atoms with van der Waals surface area (Å²) in [6, 6.07) is 13.1. The highest BCUT2D eigenvalue weighted by Gasteiger charge is 2.25. The fraction of sp³-hybridized carbons (Fsp3) is 0.0625. The second-order valence-corrected chi connectivity index (χ2v) is 5.22. The van der Waals surface area contributed by atoms with Gasteiger partial charge in [-0.3, -0.25) is 0 Å². The first kappa shape index (κ1) is 11.7. The molecule has 4 heteroatoms. The molecule has 0 saturated carbocycles. The summed E-state index contributed by atoms with van der Waals surface area (Å²) in [6.07, 6.45) is 1.19. The number of hydrogen-bond acceptors (Lipinski definition) is 3. The average molecular weight is 284 g/mol. The summed E-state index contributed by atoms with van der Waals surface area (Å²) in [7, 11) is 0. The molecule has 4 rings (SSSR count). The maximum atomic E-state index is 10.1. The van der Waals surface area contributed by atoms with E-state index in [0.717, 1.165) is 22.1 Å². The zero-order valence-corrected chi connectivity index (χ0v) is 11.1. The van der Waals surface area contributed by atoms with E-state index in [0.29, 0.717) is 16.3 Å². The first-order valence-electron chi connectivity index (χ1n) is 6.28. The molecule has 1 unspecified atom stereocenters. The van der Waals surface area contributed by atoms with Gasteiger partial charge in [-0.05, 0) is 35.4 Å². The molecule has 1 aliphatic rings. The van der Waals surface area contributed by atoms with Crippen molar-refractivity contribution in [2.75, 3.05) is 0 Å². The zero-order valence-electron chi connectivity index (χ0n) is 10.4. The van der Waals surface area contributed by atoms with E-state index in [1.807, 2.05) is 30.3 Å². The minimum atomic E-state index is -0.605. The molecule has 98 valence electrons. The van der Waals surface area contributed by atoms with E-state index in [2.05, 4.69) is 5.16 Å². The van der Waals surface area contributed by atoms with Crippen molar-refractivity contribution in [3.05, 3.63) is 70.4 Å². The van der Waals surface area contributed by atoms with Gasteiger partial charge >= 0.3 is 0 Å². The number of aromatic nitrogens is 1. The van der Waals surface area contributed by atoms with E-state index in [1.54, 1.807) is 18.2 Å². The third-order valence-corrected chi connectivity index (χ3v) is 3.82. The second-order valence-electron chi connectivity index (χ2n) is 4.78. The van der Waals surface area contributed by atoms with Gasteiger partial charge in [-0.15, -0.1) is 0 Å². The Morgan fingerprint density at radius 1 is 1.15 bits per heavy atom. The van der Waals surface area contributed by atoms with Gasteiger partial charge in [0.1, 0.15) is 5.69 Å². The van der Waals surface area contributed by atoms with Crippen LogP contribution in [0.5, 0.6) is 0 Å². The molecule has 0 amide bonds. The molecule has 1 heterocycles. The summed E-state index contributed by atoms with van der Waals surface area (Å²) in [5.74, 6) is 0. The highest BCUT2D eigenvalue weighted by atomic mass is 35.5. The quantitative estimate of drug-likeness (QED) is 0.735. The molecular weight excluding hydrogens is 274 g/mol. The predicted octanol–water partition coefficient (Wildman–Crippen LogP) is 3.96. The smallest absolute Gasteiger partial charge is 0.167 e. The molecule has 1 aromatic heterocycles. The van der Waals surface area contributed by atoms with E-state index < -0.39 is 6.10 Å². The van der Waals surface area contributed by atoms with Crippen LogP contribution >= 0.6 is 11.6 Å². The van der Waals surface area contributed by atoms with E-state index in [-0.39, 0.29) is 0 Å². The Morgan fingerprint density at radius 3 is 2.90 bits per heavy atom. The average Bonchev–Trinajstić information content (AvgIpc) is 3.00. The van der Waals surface area contributed by atoms with E-state index >= 15 is 0 Å². The first-order chi connectivity index (χ1) is 9.74. The largest absolute Gasteiger partial charge is 0.384 e. The number of aliphatic hydroxyl groups excluding tert-OH is 1. The first-order valence-corrected chi connectivity index (χ1v) is 6.66. The van der Waals surface area contributed by atoms with Crippen LogP contribution in [-0.4, -0.2) is 10.3 Å². The minimum absolute atomic E-state index is 0.605. The van der Waals surface area contributed by atoms with Gasteiger partial charge in [0.25, 0.3) is 0 Å². The molecular formula is C16H10ClNO2. The predicted molar refractivity (Wildman–Crippen MR) is 77.5 cm³/mol. The Morgan fingerprint density at radius 2 is 2.00 bits per heavy atom. The van der Waals surface area contributed by atoms with Crippen molar-refractivity contribution in [2.45, 2.75) is 6.10 Å². The highest BCUT2D eigenvalue weighted by molar-refractivity contribution is 6.31. The van der Waals surface area contributed by atoms with Gasteiger partial charge in [0.15, 0.2) is 5.58 Å². The molecule has 0 saturated heterocycles. The van der Waals surface area contributed by atoms with Crippen LogP contribution in [0, 0.1) is 0 Å². The molecule has 3 nitrogen and oxygen atoms in total. The van der Waals surface area contributed by atoms with E-state index in [1.165, 1.54) is 0 Å².